The van der Waals surface area contributed by atoms with Crippen molar-refractivity contribution in [1.82, 2.24) is 14.8 Å². The number of amidine groups is 1. The van der Waals surface area contributed by atoms with Crippen LogP contribution in [0.2, 0.25) is 0 Å². The standard InChI is InChI=1S/C11H13N5O/c1-16-6-8(5-15-16)7-17-11-9(10(12)13)3-2-4-14-11/h2-6H,7H2,1H3,(H3,12,13). The Balaban J connectivity index is 2.11. The summed E-state index contributed by atoms with van der Waals surface area (Å²) in [5, 5.41) is 11.4. The van der Waals surface area contributed by atoms with Crippen molar-refractivity contribution in [2.75, 3.05) is 0 Å². The topological polar surface area (TPSA) is 89.8 Å². The lowest BCUT2D eigenvalue weighted by Crippen LogP contribution is -2.13. The molecule has 0 fully saturated rings. The molecular weight excluding hydrogens is 218 g/mol. The molecule has 0 bridgehead atoms. The highest BCUT2D eigenvalue weighted by molar-refractivity contribution is 5.96. The van der Waals surface area contributed by atoms with Gasteiger partial charge in [0.1, 0.15) is 12.4 Å². The van der Waals surface area contributed by atoms with Crippen LogP contribution in [0.1, 0.15) is 11.1 Å². The molecule has 0 aromatic carbocycles. The first-order chi connectivity index (χ1) is 8.16. The van der Waals surface area contributed by atoms with Crippen molar-refractivity contribution in [1.29, 1.82) is 5.41 Å². The molecule has 2 heterocycles. The quantitative estimate of drug-likeness (QED) is 0.598. The fourth-order valence-corrected chi connectivity index (χ4v) is 1.41. The van der Waals surface area contributed by atoms with Crippen molar-refractivity contribution < 1.29 is 4.74 Å². The Morgan fingerprint density at radius 1 is 1.59 bits per heavy atom. The number of rotatable bonds is 4. The number of nitrogens with two attached hydrogens (primary N) is 1. The van der Waals surface area contributed by atoms with Crippen LogP contribution in [0, 0.1) is 5.41 Å². The largest absolute Gasteiger partial charge is 0.472 e. The van der Waals surface area contributed by atoms with E-state index in [-0.39, 0.29) is 5.84 Å². The predicted molar refractivity (Wildman–Crippen MR) is 62.8 cm³/mol. The Morgan fingerprint density at radius 3 is 3.06 bits per heavy atom. The Kier molecular flexibility index (Phi) is 3.04. The average Bonchev–Trinajstić information content (AvgIpc) is 2.73. The Morgan fingerprint density at radius 2 is 2.41 bits per heavy atom. The first-order valence-electron chi connectivity index (χ1n) is 5.06. The second-order valence-corrected chi connectivity index (χ2v) is 3.58. The third-order valence-electron chi connectivity index (χ3n) is 2.20. The zero-order chi connectivity index (χ0) is 12.3. The van der Waals surface area contributed by atoms with Crippen LogP contribution in [0.5, 0.6) is 5.88 Å². The highest BCUT2D eigenvalue weighted by atomic mass is 16.5. The number of aromatic nitrogens is 3. The van der Waals surface area contributed by atoms with Gasteiger partial charge in [-0.1, -0.05) is 0 Å². The third kappa shape index (κ3) is 2.60. The van der Waals surface area contributed by atoms with Gasteiger partial charge in [0.05, 0.1) is 11.8 Å². The number of hydrogen-bond donors (Lipinski definition) is 2. The summed E-state index contributed by atoms with van der Waals surface area (Å²) in [5.74, 6) is 0.308. The second-order valence-electron chi connectivity index (χ2n) is 3.58. The van der Waals surface area contributed by atoms with Gasteiger partial charge >= 0.3 is 0 Å². The molecule has 2 rings (SSSR count). The summed E-state index contributed by atoms with van der Waals surface area (Å²) in [5.41, 5.74) is 6.87. The minimum atomic E-state index is -0.0562. The Hall–Kier alpha value is -2.37. The van der Waals surface area contributed by atoms with E-state index in [9.17, 15) is 0 Å². The van der Waals surface area contributed by atoms with Gasteiger partial charge in [0, 0.05) is 25.0 Å². The van der Waals surface area contributed by atoms with Gasteiger partial charge in [-0.15, -0.1) is 0 Å². The number of pyridine rings is 1. The minimum absolute atomic E-state index is 0.0562. The van der Waals surface area contributed by atoms with Crippen molar-refractivity contribution in [3.05, 3.63) is 41.9 Å². The summed E-state index contributed by atoms with van der Waals surface area (Å²) in [6, 6.07) is 3.42. The molecule has 0 aliphatic carbocycles. The summed E-state index contributed by atoms with van der Waals surface area (Å²) < 4.78 is 7.21. The highest BCUT2D eigenvalue weighted by Gasteiger charge is 2.07. The molecule has 6 heteroatoms. The highest BCUT2D eigenvalue weighted by Crippen LogP contribution is 2.14. The van der Waals surface area contributed by atoms with E-state index in [1.165, 1.54) is 0 Å². The average molecular weight is 231 g/mol. The lowest BCUT2D eigenvalue weighted by molar-refractivity contribution is 0.293. The normalized spacial score (nSPS) is 10.2. The first kappa shape index (κ1) is 11.1. The van der Waals surface area contributed by atoms with Gasteiger partial charge < -0.3 is 10.5 Å². The smallest absolute Gasteiger partial charge is 0.224 e. The lowest BCUT2D eigenvalue weighted by Gasteiger charge is -2.07. The number of nitrogens with zero attached hydrogens (tertiary/aromatic N) is 3. The van der Waals surface area contributed by atoms with Gasteiger partial charge in [0.15, 0.2) is 0 Å². The van der Waals surface area contributed by atoms with E-state index in [1.54, 1.807) is 29.2 Å². The number of nitrogen functional groups attached to an aromatic ring is 1. The van der Waals surface area contributed by atoms with Gasteiger partial charge in [-0.3, -0.25) is 10.1 Å². The maximum atomic E-state index is 7.40. The van der Waals surface area contributed by atoms with Gasteiger partial charge in [-0.2, -0.15) is 5.10 Å². The lowest BCUT2D eigenvalue weighted by atomic mass is 10.2. The van der Waals surface area contributed by atoms with Crippen molar-refractivity contribution in [2.45, 2.75) is 6.61 Å². The maximum absolute atomic E-state index is 7.40. The van der Waals surface area contributed by atoms with E-state index in [1.807, 2.05) is 13.2 Å². The number of hydrogen-bond acceptors (Lipinski definition) is 4. The van der Waals surface area contributed by atoms with Crippen LogP contribution in [-0.4, -0.2) is 20.6 Å². The molecule has 0 aliphatic rings. The van der Waals surface area contributed by atoms with Crippen LogP contribution >= 0.6 is 0 Å². The van der Waals surface area contributed by atoms with Crippen LogP contribution in [0.15, 0.2) is 30.7 Å². The molecule has 6 nitrogen and oxygen atoms in total. The summed E-state index contributed by atoms with van der Waals surface area (Å²) >= 11 is 0. The summed E-state index contributed by atoms with van der Waals surface area (Å²) in [6.07, 6.45) is 5.18. The zero-order valence-electron chi connectivity index (χ0n) is 9.42. The molecule has 17 heavy (non-hydrogen) atoms. The fourth-order valence-electron chi connectivity index (χ4n) is 1.41. The number of aryl methyl sites for hydroxylation is 1. The molecule has 0 amide bonds. The monoisotopic (exact) mass is 231 g/mol. The van der Waals surface area contributed by atoms with Crippen molar-refractivity contribution >= 4 is 5.84 Å². The fraction of sp³-hybridized carbons (Fsp3) is 0.182. The molecule has 88 valence electrons. The molecule has 0 spiro atoms. The summed E-state index contributed by atoms with van der Waals surface area (Å²) in [7, 11) is 1.84. The third-order valence-corrected chi connectivity index (χ3v) is 2.20. The van der Waals surface area contributed by atoms with E-state index in [2.05, 4.69) is 10.1 Å². The second kappa shape index (κ2) is 4.65. The molecule has 0 atom stereocenters. The molecule has 0 aliphatic heterocycles. The minimum Gasteiger partial charge on any atom is -0.472 e. The van der Waals surface area contributed by atoms with Gasteiger partial charge in [-0.25, -0.2) is 4.98 Å². The summed E-state index contributed by atoms with van der Waals surface area (Å²) in [4.78, 5) is 4.05. The SMILES string of the molecule is Cn1cc(COc2ncccc2C(=N)N)cn1. The van der Waals surface area contributed by atoms with Crippen LogP contribution in [0.3, 0.4) is 0 Å². The van der Waals surface area contributed by atoms with Crippen molar-refractivity contribution in [3.63, 3.8) is 0 Å². The van der Waals surface area contributed by atoms with Crippen LogP contribution < -0.4 is 10.5 Å². The predicted octanol–water partition coefficient (Wildman–Crippen LogP) is 0.678. The number of nitrogens with one attached hydrogen (secondary N) is 1. The van der Waals surface area contributed by atoms with E-state index in [0.717, 1.165) is 5.56 Å². The zero-order valence-corrected chi connectivity index (χ0v) is 9.42. The van der Waals surface area contributed by atoms with Gasteiger partial charge in [-0.05, 0) is 12.1 Å². The van der Waals surface area contributed by atoms with E-state index in [0.29, 0.717) is 18.1 Å². The van der Waals surface area contributed by atoms with Crippen molar-refractivity contribution in [2.24, 2.45) is 12.8 Å². The van der Waals surface area contributed by atoms with Gasteiger partial charge in [0.25, 0.3) is 0 Å². The summed E-state index contributed by atoms with van der Waals surface area (Å²) in [6.45, 7) is 0.352. The van der Waals surface area contributed by atoms with Crippen molar-refractivity contribution in [3.8, 4) is 5.88 Å². The van der Waals surface area contributed by atoms with Crippen LogP contribution in [0.4, 0.5) is 0 Å². The number of ether oxygens (including phenoxy) is 1. The molecular formula is C11H13N5O. The molecule has 2 aromatic rings. The first-order valence-corrected chi connectivity index (χ1v) is 5.06. The molecule has 3 N–H and O–H groups in total. The maximum Gasteiger partial charge on any atom is 0.224 e. The van der Waals surface area contributed by atoms with E-state index < -0.39 is 0 Å². The molecule has 0 unspecified atom stereocenters. The Labute approximate surface area is 98.5 Å². The molecule has 2 aromatic heterocycles. The molecule has 0 radical (unpaired) electrons. The molecule has 0 saturated heterocycles. The van der Waals surface area contributed by atoms with Gasteiger partial charge in [0.2, 0.25) is 5.88 Å². The molecule has 0 saturated carbocycles. The Bertz CT molecular complexity index is 534. The van der Waals surface area contributed by atoms with Crippen LogP contribution in [-0.2, 0) is 13.7 Å². The van der Waals surface area contributed by atoms with E-state index >= 15 is 0 Å². The van der Waals surface area contributed by atoms with E-state index in [4.69, 9.17) is 15.9 Å². The van der Waals surface area contributed by atoms with Crippen LogP contribution in [0.25, 0.3) is 0 Å².